The number of hydrogen-bond donors (Lipinski definition) is 2. The van der Waals surface area contributed by atoms with Gasteiger partial charge in [0.1, 0.15) is 5.15 Å². The molecule has 1 heterocycles. The van der Waals surface area contributed by atoms with Gasteiger partial charge in [-0.2, -0.15) is 13.2 Å². The van der Waals surface area contributed by atoms with Crippen molar-refractivity contribution in [3.63, 3.8) is 0 Å². The maximum absolute atomic E-state index is 11.8. The molecule has 1 aromatic rings. The largest absolute Gasteiger partial charge is 0.472 e. The fourth-order valence-electron chi connectivity index (χ4n) is 0.767. The van der Waals surface area contributed by atoms with E-state index in [4.69, 9.17) is 11.6 Å². The Kier molecular flexibility index (Phi) is 3.89. The second kappa shape index (κ2) is 5.00. The van der Waals surface area contributed by atoms with Crippen LogP contribution < -0.4 is 10.9 Å². The lowest BCUT2D eigenvalue weighted by molar-refractivity contribution is -0.174. The second-order valence-electron chi connectivity index (χ2n) is 2.78. The van der Waals surface area contributed by atoms with E-state index in [9.17, 15) is 22.8 Å². The molecular weight excluding hydrogens is 263 g/mol. The first kappa shape index (κ1) is 13.2. The highest BCUT2D eigenvalue weighted by atomic mass is 35.5. The number of rotatable bonds is 1. The zero-order chi connectivity index (χ0) is 13.1. The third kappa shape index (κ3) is 3.91. The number of aromatic nitrogens is 1. The molecule has 0 spiro atoms. The Labute approximate surface area is 97.9 Å². The van der Waals surface area contributed by atoms with Crippen LogP contribution in [0.2, 0.25) is 5.15 Å². The van der Waals surface area contributed by atoms with Crippen molar-refractivity contribution in [1.29, 1.82) is 0 Å². The molecule has 17 heavy (non-hydrogen) atoms. The number of hydrogen-bond acceptors (Lipinski definition) is 3. The summed E-state index contributed by atoms with van der Waals surface area (Å²) in [6.45, 7) is 0. The van der Waals surface area contributed by atoms with Crippen LogP contribution in [0.5, 0.6) is 0 Å². The number of halogens is 4. The van der Waals surface area contributed by atoms with Gasteiger partial charge in [0.05, 0.1) is 5.56 Å². The molecule has 92 valence electrons. The molecule has 0 saturated carbocycles. The van der Waals surface area contributed by atoms with E-state index >= 15 is 0 Å². The molecule has 5 nitrogen and oxygen atoms in total. The van der Waals surface area contributed by atoms with E-state index in [-0.39, 0.29) is 10.7 Å². The molecule has 0 aliphatic carbocycles. The van der Waals surface area contributed by atoms with Crippen LogP contribution in [0.1, 0.15) is 10.4 Å². The molecule has 0 atom stereocenters. The van der Waals surface area contributed by atoms with Crippen LogP contribution in [0.3, 0.4) is 0 Å². The molecule has 0 aliphatic rings. The van der Waals surface area contributed by atoms with E-state index in [0.29, 0.717) is 0 Å². The number of nitrogens with zero attached hydrogens (tertiary/aromatic N) is 1. The number of pyridine rings is 1. The Balaban J connectivity index is 2.56. The third-order valence-electron chi connectivity index (χ3n) is 1.54. The first-order valence-electron chi connectivity index (χ1n) is 4.10. The summed E-state index contributed by atoms with van der Waals surface area (Å²) in [5.74, 6) is -3.21. The van der Waals surface area contributed by atoms with Crippen molar-refractivity contribution >= 4 is 23.4 Å². The number of hydrazine groups is 1. The fraction of sp³-hybridized carbons (Fsp3) is 0.125. The number of alkyl halides is 3. The minimum absolute atomic E-state index is 0.0446. The number of amides is 2. The Hall–Kier alpha value is -1.83. The van der Waals surface area contributed by atoms with Gasteiger partial charge in [0.15, 0.2) is 0 Å². The van der Waals surface area contributed by atoms with Crippen molar-refractivity contribution in [3.05, 3.63) is 29.0 Å². The summed E-state index contributed by atoms with van der Waals surface area (Å²) in [6, 6.07) is 2.52. The van der Waals surface area contributed by atoms with Crippen molar-refractivity contribution < 1.29 is 22.8 Å². The van der Waals surface area contributed by atoms with E-state index in [1.54, 1.807) is 5.43 Å². The molecule has 0 fully saturated rings. The molecule has 0 unspecified atom stereocenters. The van der Waals surface area contributed by atoms with Gasteiger partial charge in [-0.3, -0.25) is 20.4 Å². The summed E-state index contributed by atoms with van der Waals surface area (Å²) in [5, 5.41) is 0.126. The molecule has 0 bridgehead atoms. The van der Waals surface area contributed by atoms with E-state index in [0.717, 1.165) is 6.20 Å². The van der Waals surface area contributed by atoms with Crippen LogP contribution in [0.25, 0.3) is 0 Å². The second-order valence-corrected chi connectivity index (χ2v) is 3.16. The van der Waals surface area contributed by atoms with Crippen molar-refractivity contribution in [2.75, 3.05) is 0 Å². The van der Waals surface area contributed by atoms with Crippen molar-refractivity contribution in [1.82, 2.24) is 15.8 Å². The minimum atomic E-state index is -5.06. The summed E-state index contributed by atoms with van der Waals surface area (Å²) >= 11 is 5.44. The Morgan fingerprint density at radius 2 is 1.88 bits per heavy atom. The minimum Gasteiger partial charge on any atom is -0.267 e. The molecule has 0 aromatic carbocycles. The highest BCUT2D eigenvalue weighted by Gasteiger charge is 2.38. The lowest BCUT2D eigenvalue weighted by atomic mass is 10.3. The highest BCUT2D eigenvalue weighted by Crippen LogP contribution is 2.13. The van der Waals surface area contributed by atoms with E-state index in [2.05, 4.69) is 4.98 Å². The predicted molar refractivity (Wildman–Crippen MR) is 50.9 cm³/mol. The third-order valence-corrected chi connectivity index (χ3v) is 1.76. The number of carbonyl (C=O) groups excluding carboxylic acids is 2. The summed E-state index contributed by atoms with van der Waals surface area (Å²) < 4.78 is 35.3. The summed E-state index contributed by atoms with van der Waals surface area (Å²) in [5.41, 5.74) is 2.75. The van der Waals surface area contributed by atoms with Gasteiger partial charge in [-0.1, -0.05) is 11.6 Å². The maximum Gasteiger partial charge on any atom is 0.472 e. The molecule has 1 rings (SSSR count). The number of carbonyl (C=O) groups is 2. The molecule has 9 heteroatoms. The Morgan fingerprint density at radius 3 is 2.35 bits per heavy atom. The first-order chi connectivity index (χ1) is 7.80. The summed E-state index contributed by atoms with van der Waals surface area (Å²) in [6.07, 6.45) is -4.01. The molecule has 0 aliphatic heterocycles. The molecular formula is C8H5ClF3N3O2. The van der Waals surface area contributed by atoms with Crippen LogP contribution >= 0.6 is 11.6 Å². The van der Waals surface area contributed by atoms with Crippen molar-refractivity contribution in [2.24, 2.45) is 0 Å². The van der Waals surface area contributed by atoms with Gasteiger partial charge in [0.2, 0.25) is 0 Å². The average Bonchev–Trinajstić information content (AvgIpc) is 2.25. The van der Waals surface area contributed by atoms with E-state index in [1.807, 2.05) is 0 Å². The smallest absolute Gasteiger partial charge is 0.267 e. The number of nitrogens with one attached hydrogen (secondary N) is 2. The average molecular weight is 268 g/mol. The maximum atomic E-state index is 11.8. The van der Waals surface area contributed by atoms with E-state index in [1.165, 1.54) is 17.6 Å². The SMILES string of the molecule is O=C(NNC(=O)C(F)(F)F)c1ccc(Cl)nc1. The molecule has 2 N–H and O–H groups in total. The normalized spacial score (nSPS) is 10.8. The van der Waals surface area contributed by atoms with Gasteiger partial charge in [-0.25, -0.2) is 4.98 Å². The fourth-order valence-corrected chi connectivity index (χ4v) is 0.878. The van der Waals surface area contributed by atoms with Crippen LogP contribution in [-0.2, 0) is 4.79 Å². The quantitative estimate of drug-likeness (QED) is 0.590. The van der Waals surface area contributed by atoms with Crippen LogP contribution in [0, 0.1) is 0 Å². The van der Waals surface area contributed by atoms with Gasteiger partial charge in [0.25, 0.3) is 5.91 Å². The van der Waals surface area contributed by atoms with Gasteiger partial charge in [-0.15, -0.1) is 0 Å². The Bertz CT molecular complexity index is 433. The van der Waals surface area contributed by atoms with E-state index < -0.39 is 18.0 Å². The van der Waals surface area contributed by atoms with Gasteiger partial charge in [-0.05, 0) is 12.1 Å². The lowest BCUT2D eigenvalue weighted by Gasteiger charge is -2.08. The topological polar surface area (TPSA) is 71.1 Å². The zero-order valence-electron chi connectivity index (χ0n) is 8.01. The summed E-state index contributed by atoms with van der Waals surface area (Å²) in [4.78, 5) is 25.1. The van der Waals surface area contributed by atoms with Gasteiger partial charge >= 0.3 is 12.1 Å². The predicted octanol–water partition coefficient (Wildman–Crippen LogP) is 1.06. The highest BCUT2D eigenvalue weighted by molar-refractivity contribution is 6.29. The summed E-state index contributed by atoms with van der Waals surface area (Å²) in [7, 11) is 0. The Morgan fingerprint density at radius 1 is 1.24 bits per heavy atom. The van der Waals surface area contributed by atoms with Gasteiger partial charge < -0.3 is 0 Å². The molecule has 0 radical (unpaired) electrons. The van der Waals surface area contributed by atoms with Crippen LogP contribution in [0.4, 0.5) is 13.2 Å². The van der Waals surface area contributed by atoms with Crippen molar-refractivity contribution in [3.8, 4) is 0 Å². The first-order valence-corrected chi connectivity index (χ1v) is 4.47. The van der Waals surface area contributed by atoms with Crippen LogP contribution in [0.15, 0.2) is 18.3 Å². The molecule has 0 saturated heterocycles. The monoisotopic (exact) mass is 267 g/mol. The standard InChI is InChI=1S/C8H5ClF3N3O2/c9-5-2-1-4(3-13-5)6(16)14-15-7(17)8(10,11)12/h1-3H,(H,14,16)(H,15,17). The van der Waals surface area contributed by atoms with Gasteiger partial charge in [0, 0.05) is 6.20 Å². The zero-order valence-corrected chi connectivity index (χ0v) is 8.76. The van der Waals surface area contributed by atoms with Crippen molar-refractivity contribution in [2.45, 2.75) is 6.18 Å². The molecule has 1 aromatic heterocycles. The van der Waals surface area contributed by atoms with Crippen LogP contribution in [-0.4, -0.2) is 23.0 Å². The molecule has 2 amide bonds. The lowest BCUT2D eigenvalue weighted by Crippen LogP contribution is -2.47.